The molecule has 0 rings (SSSR count). The lowest BCUT2D eigenvalue weighted by atomic mass is 10.1. The van der Waals surface area contributed by atoms with Crippen LogP contribution in [0.5, 0.6) is 0 Å². The Morgan fingerprint density at radius 3 is 2.45 bits per heavy atom. The summed E-state index contributed by atoms with van der Waals surface area (Å²) >= 11 is 0. The van der Waals surface area contributed by atoms with Crippen LogP contribution in [0.25, 0.3) is 0 Å². The smallest absolute Gasteiger partial charge is 0.320 e. The molecular formula is C7H15NO3. The van der Waals surface area contributed by atoms with Crippen molar-refractivity contribution in [2.24, 2.45) is 5.73 Å². The minimum Gasteiger partial charge on any atom is -0.456 e. The summed E-state index contributed by atoms with van der Waals surface area (Å²) in [6.07, 6.45) is 0. The molecule has 0 aromatic rings. The van der Waals surface area contributed by atoms with Gasteiger partial charge in [0.15, 0.2) is 0 Å². The normalized spacial score (nSPS) is 11.3. The summed E-state index contributed by atoms with van der Waals surface area (Å²) in [5, 5.41) is 0. The van der Waals surface area contributed by atoms with Crippen LogP contribution < -0.4 is 5.73 Å². The number of esters is 1. The molecule has 0 aromatic heterocycles. The molecule has 0 saturated heterocycles. The first-order chi connectivity index (χ1) is 5.02. The van der Waals surface area contributed by atoms with Crippen molar-refractivity contribution < 1.29 is 14.3 Å². The first-order valence-corrected chi connectivity index (χ1v) is 3.42. The van der Waals surface area contributed by atoms with Crippen molar-refractivity contribution in [2.75, 3.05) is 20.3 Å². The largest absolute Gasteiger partial charge is 0.456 e. The fourth-order valence-electron chi connectivity index (χ4n) is 0.727. The fraction of sp³-hybridized carbons (Fsp3) is 0.857. The summed E-state index contributed by atoms with van der Waals surface area (Å²) in [5.41, 5.74) is 4.48. The summed E-state index contributed by atoms with van der Waals surface area (Å²) in [4.78, 5) is 10.7. The molecule has 0 unspecified atom stereocenters. The first-order valence-electron chi connectivity index (χ1n) is 3.42. The number of rotatable bonds is 4. The van der Waals surface area contributed by atoms with Gasteiger partial charge in [0.2, 0.25) is 0 Å². The van der Waals surface area contributed by atoms with Gasteiger partial charge >= 0.3 is 5.97 Å². The summed E-state index contributed by atoms with van der Waals surface area (Å²) in [6.45, 7) is 3.82. The van der Waals surface area contributed by atoms with Gasteiger partial charge in [-0.2, -0.15) is 0 Å². The molecule has 0 spiro atoms. The molecule has 2 N–H and O–H groups in total. The van der Waals surface area contributed by atoms with Crippen molar-refractivity contribution in [3.05, 3.63) is 0 Å². The molecule has 0 aliphatic rings. The highest BCUT2D eigenvalue weighted by Gasteiger charge is 2.21. The van der Waals surface area contributed by atoms with E-state index < -0.39 is 11.6 Å². The predicted octanol–water partition coefficient (Wildman–Crippen LogP) is -0.0867. The molecule has 11 heavy (non-hydrogen) atoms. The number of hydrogen-bond donors (Lipinski definition) is 1. The van der Waals surface area contributed by atoms with Crippen molar-refractivity contribution in [1.29, 1.82) is 0 Å². The van der Waals surface area contributed by atoms with E-state index in [1.165, 1.54) is 0 Å². The van der Waals surface area contributed by atoms with Gasteiger partial charge in [-0.25, -0.2) is 0 Å². The zero-order valence-electron chi connectivity index (χ0n) is 7.22. The minimum atomic E-state index is -0.578. The Bertz CT molecular complexity index is 134. The highest BCUT2D eigenvalue weighted by Crippen LogP contribution is 2.08. The maximum Gasteiger partial charge on any atom is 0.320 e. The molecule has 0 radical (unpaired) electrons. The maximum atomic E-state index is 10.7. The highest BCUT2D eigenvalue weighted by molar-refractivity contribution is 5.71. The Hall–Kier alpha value is -0.610. The molecule has 0 aliphatic carbocycles. The lowest BCUT2D eigenvalue weighted by Crippen LogP contribution is -2.35. The molecule has 4 heteroatoms. The van der Waals surface area contributed by atoms with Crippen LogP contribution in [0.2, 0.25) is 0 Å². The van der Waals surface area contributed by atoms with E-state index in [0.29, 0.717) is 6.61 Å². The second kappa shape index (κ2) is 4.31. The van der Waals surface area contributed by atoms with Crippen LogP contribution in [0.4, 0.5) is 0 Å². The Labute approximate surface area is 66.7 Å². The Balaban J connectivity index is 3.80. The van der Waals surface area contributed by atoms with E-state index in [1.54, 1.807) is 21.0 Å². The van der Waals surface area contributed by atoms with Crippen molar-refractivity contribution in [3.63, 3.8) is 0 Å². The molecule has 0 fully saturated rings. The Kier molecular flexibility index (Phi) is 4.07. The lowest BCUT2D eigenvalue weighted by Gasteiger charge is -2.23. The van der Waals surface area contributed by atoms with Crippen LogP contribution in [0.15, 0.2) is 0 Å². The van der Waals surface area contributed by atoms with E-state index in [4.69, 9.17) is 15.2 Å². The third-order valence-corrected chi connectivity index (χ3v) is 1.05. The third-order valence-electron chi connectivity index (χ3n) is 1.05. The van der Waals surface area contributed by atoms with Gasteiger partial charge in [0.1, 0.15) is 5.60 Å². The number of nitrogens with two attached hydrogens (primary N) is 1. The lowest BCUT2D eigenvalue weighted by molar-refractivity contribution is -0.159. The quantitative estimate of drug-likeness (QED) is 0.585. The molecule has 66 valence electrons. The molecule has 0 saturated carbocycles. The van der Waals surface area contributed by atoms with Crippen LogP contribution in [0.1, 0.15) is 13.8 Å². The summed E-state index contributed by atoms with van der Waals surface area (Å²) < 4.78 is 9.77. The van der Waals surface area contributed by atoms with Gasteiger partial charge in [-0.15, -0.1) is 0 Å². The van der Waals surface area contributed by atoms with Crippen LogP contribution >= 0.6 is 0 Å². The number of carbonyl (C=O) groups is 1. The van der Waals surface area contributed by atoms with Crippen molar-refractivity contribution >= 4 is 5.97 Å². The number of hydrogen-bond acceptors (Lipinski definition) is 4. The van der Waals surface area contributed by atoms with Crippen LogP contribution in [0.3, 0.4) is 0 Å². The van der Waals surface area contributed by atoms with E-state index >= 15 is 0 Å². The molecule has 0 amide bonds. The first kappa shape index (κ1) is 10.4. The van der Waals surface area contributed by atoms with Gasteiger partial charge in [0, 0.05) is 7.11 Å². The second-order valence-corrected chi connectivity index (χ2v) is 2.87. The third kappa shape index (κ3) is 4.75. The molecule has 0 bridgehead atoms. The monoisotopic (exact) mass is 161 g/mol. The Morgan fingerprint density at radius 2 is 2.09 bits per heavy atom. The summed E-state index contributed by atoms with van der Waals surface area (Å²) in [6, 6.07) is 0. The SMILES string of the molecule is COCC(C)(C)OC(=O)CN. The van der Waals surface area contributed by atoms with Crippen LogP contribution in [-0.2, 0) is 14.3 Å². The van der Waals surface area contributed by atoms with E-state index in [0.717, 1.165) is 0 Å². The fourth-order valence-corrected chi connectivity index (χ4v) is 0.727. The van der Waals surface area contributed by atoms with Gasteiger partial charge in [0.05, 0.1) is 13.2 Å². The topological polar surface area (TPSA) is 61.5 Å². The average molecular weight is 161 g/mol. The van der Waals surface area contributed by atoms with Gasteiger partial charge < -0.3 is 15.2 Å². The predicted molar refractivity (Wildman–Crippen MR) is 41.1 cm³/mol. The molecular weight excluding hydrogens is 146 g/mol. The van der Waals surface area contributed by atoms with Crippen LogP contribution in [0, 0.1) is 0 Å². The van der Waals surface area contributed by atoms with Gasteiger partial charge in [-0.1, -0.05) is 0 Å². The van der Waals surface area contributed by atoms with E-state index in [9.17, 15) is 4.79 Å². The minimum absolute atomic E-state index is 0.0901. The molecule has 0 aromatic carbocycles. The Morgan fingerprint density at radius 1 is 1.55 bits per heavy atom. The zero-order valence-corrected chi connectivity index (χ0v) is 7.22. The van der Waals surface area contributed by atoms with Crippen LogP contribution in [-0.4, -0.2) is 31.8 Å². The average Bonchev–Trinajstić information content (AvgIpc) is 1.86. The number of carbonyl (C=O) groups excluding carboxylic acids is 1. The standard InChI is InChI=1S/C7H15NO3/c1-7(2,5-10-3)11-6(9)4-8/h4-5,8H2,1-3H3. The van der Waals surface area contributed by atoms with Crippen molar-refractivity contribution in [1.82, 2.24) is 0 Å². The highest BCUT2D eigenvalue weighted by atomic mass is 16.6. The van der Waals surface area contributed by atoms with Gasteiger partial charge in [-0.3, -0.25) is 4.79 Å². The second-order valence-electron chi connectivity index (χ2n) is 2.87. The summed E-state index contributed by atoms with van der Waals surface area (Å²) in [5.74, 6) is -0.410. The maximum absolute atomic E-state index is 10.7. The summed E-state index contributed by atoms with van der Waals surface area (Å²) in [7, 11) is 1.55. The van der Waals surface area contributed by atoms with Crippen molar-refractivity contribution in [3.8, 4) is 0 Å². The molecule has 4 nitrogen and oxygen atoms in total. The number of methoxy groups -OCH3 is 1. The van der Waals surface area contributed by atoms with E-state index in [1.807, 2.05) is 0 Å². The number of ether oxygens (including phenoxy) is 2. The zero-order chi connectivity index (χ0) is 8.91. The molecule has 0 heterocycles. The van der Waals surface area contributed by atoms with Gasteiger partial charge in [-0.05, 0) is 13.8 Å². The van der Waals surface area contributed by atoms with Crippen molar-refractivity contribution in [2.45, 2.75) is 19.4 Å². The van der Waals surface area contributed by atoms with Gasteiger partial charge in [0.25, 0.3) is 0 Å². The van der Waals surface area contributed by atoms with E-state index in [2.05, 4.69) is 0 Å². The molecule has 0 atom stereocenters. The van der Waals surface area contributed by atoms with E-state index in [-0.39, 0.29) is 6.54 Å². The molecule has 0 aliphatic heterocycles.